The highest BCUT2D eigenvalue weighted by molar-refractivity contribution is 6.32. The van der Waals surface area contributed by atoms with Gasteiger partial charge in [0.15, 0.2) is 0 Å². The number of benzene rings is 1. The maximum absolute atomic E-state index is 13.2. The van der Waals surface area contributed by atoms with Crippen LogP contribution in [0.5, 0.6) is 0 Å². The zero-order valence-electron chi connectivity index (χ0n) is 23.1. The fourth-order valence-electron chi connectivity index (χ4n) is 6.85. The van der Waals surface area contributed by atoms with Gasteiger partial charge in [-0.3, -0.25) is 4.90 Å². The Morgan fingerprint density at radius 2 is 1.95 bits per heavy atom. The van der Waals surface area contributed by atoms with Gasteiger partial charge >= 0.3 is 6.18 Å². The van der Waals surface area contributed by atoms with Gasteiger partial charge in [0.25, 0.3) is 0 Å². The molecule has 2 saturated carbocycles. The third-order valence-corrected chi connectivity index (χ3v) is 9.33. The van der Waals surface area contributed by atoms with Gasteiger partial charge in [-0.15, -0.1) is 0 Å². The fourth-order valence-corrected chi connectivity index (χ4v) is 7.11. The minimum atomic E-state index is -4.50. The molecule has 3 atom stereocenters. The number of nitrogen functional groups attached to an aromatic ring is 1. The monoisotopic (exact) mass is 589 g/mol. The second kappa shape index (κ2) is 10.7. The van der Waals surface area contributed by atoms with Gasteiger partial charge < -0.3 is 20.4 Å². The minimum absolute atomic E-state index is 0.0409. The van der Waals surface area contributed by atoms with E-state index in [9.17, 15) is 18.3 Å². The number of nitrogens with two attached hydrogens (primary N) is 1. The summed E-state index contributed by atoms with van der Waals surface area (Å²) >= 11 is 5.86. The number of anilines is 1. The van der Waals surface area contributed by atoms with Gasteiger partial charge in [-0.05, 0) is 76.0 Å². The van der Waals surface area contributed by atoms with Crippen LogP contribution in [0.1, 0.15) is 63.4 Å². The zero-order chi connectivity index (χ0) is 29.1. The van der Waals surface area contributed by atoms with Gasteiger partial charge in [-0.1, -0.05) is 11.6 Å². The third kappa shape index (κ3) is 5.51. The van der Waals surface area contributed by atoms with Gasteiger partial charge in [0.05, 0.1) is 39.2 Å². The van der Waals surface area contributed by atoms with Crippen molar-refractivity contribution in [3.63, 3.8) is 0 Å². The van der Waals surface area contributed by atoms with Crippen molar-refractivity contribution >= 4 is 39.5 Å². The van der Waals surface area contributed by atoms with E-state index in [0.29, 0.717) is 53.0 Å². The molecular formula is C29H35ClF3N7O. The molecule has 4 N–H and O–H groups in total. The molecule has 8 nitrogen and oxygen atoms in total. The number of aliphatic hydroxyl groups excluding tert-OH is 1. The summed E-state index contributed by atoms with van der Waals surface area (Å²) in [6.07, 6.45) is 3.87. The van der Waals surface area contributed by atoms with E-state index in [-0.39, 0.29) is 11.1 Å². The summed E-state index contributed by atoms with van der Waals surface area (Å²) in [7, 11) is 0. The van der Waals surface area contributed by atoms with Crippen molar-refractivity contribution in [2.75, 3.05) is 12.3 Å². The largest absolute Gasteiger partial charge is 0.417 e. The van der Waals surface area contributed by atoms with Crippen LogP contribution in [0, 0.1) is 11.8 Å². The number of nitrogens with one attached hydrogen (secondary N) is 1. The maximum Gasteiger partial charge on any atom is 0.417 e. The number of hydrogen-bond acceptors (Lipinski definition) is 6. The van der Waals surface area contributed by atoms with Crippen molar-refractivity contribution in [1.82, 2.24) is 29.4 Å². The Hall–Kier alpha value is -2.89. The number of rotatable bonds is 8. The molecule has 3 heterocycles. The van der Waals surface area contributed by atoms with Crippen LogP contribution in [0.3, 0.4) is 0 Å². The van der Waals surface area contributed by atoms with Crippen LogP contribution in [-0.2, 0) is 12.6 Å². The molecule has 2 aliphatic rings. The molecule has 3 aromatic heterocycles. The van der Waals surface area contributed by atoms with E-state index in [1.54, 1.807) is 0 Å². The Morgan fingerprint density at radius 3 is 2.68 bits per heavy atom. The van der Waals surface area contributed by atoms with Crippen LogP contribution in [0.25, 0.3) is 22.1 Å². The van der Waals surface area contributed by atoms with E-state index in [1.165, 1.54) is 12.4 Å². The van der Waals surface area contributed by atoms with E-state index in [1.807, 2.05) is 16.8 Å². The first-order chi connectivity index (χ1) is 19.5. The summed E-state index contributed by atoms with van der Waals surface area (Å²) in [5.41, 5.74) is 6.74. The molecule has 4 aromatic rings. The van der Waals surface area contributed by atoms with Gasteiger partial charge in [0.1, 0.15) is 23.6 Å². The van der Waals surface area contributed by atoms with Crippen LogP contribution in [-0.4, -0.2) is 59.2 Å². The Morgan fingerprint density at radius 1 is 1.17 bits per heavy atom. The first kappa shape index (κ1) is 28.2. The smallest absolute Gasteiger partial charge is 0.391 e. The van der Waals surface area contributed by atoms with E-state index in [0.717, 1.165) is 55.7 Å². The molecule has 41 heavy (non-hydrogen) atoms. The molecule has 0 spiro atoms. The normalized spacial score (nSPS) is 25.1. The number of aryl methyl sites for hydroxylation is 1. The summed E-state index contributed by atoms with van der Waals surface area (Å²) < 4.78 is 41.7. The van der Waals surface area contributed by atoms with Crippen LogP contribution in [0.2, 0.25) is 5.02 Å². The number of alkyl halides is 3. The Labute approximate surface area is 241 Å². The summed E-state index contributed by atoms with van der Waals surface area (Å²) in [6, 6.07) is 5.08. The lowest BCUT2D eigenvalue weighted by atomic mass is 9.76. The van der Waals surface area contributed by atoms with Crippen molar-refractivity contribution in [2.45, 2.75) is 82.8 Å². The quantitative estimate of drug-likeness (QED) is 0.233. The lowest BCUT2D eigenvalue weighted by molar-refractivity contribution is -0.137. The van der Waals surface area contributed by atoms with Gasteiger partial charge in [-0.2, -0.15) is 13.2 Å². The van der Waals surface area contributed by atoms with Crippen LogP contribution < -0.4 is 5.73 Å². The van der Waals surface area contributed by atoms with Crippen molar-refractivity contribution in [3.05, 3.63) is 47.1 Å². The predicted molar refractivity (Wildman–Crippen MR) is 152 cm³/mol. The topological polar surface area (TPSA) is 109 Å². The van der Waals surface area contributed by atoms with Gasteiger partial charge in [0.2, 0.25) is 0 Å². The first-order valence-electron chi connectivity index (χ1n) is 14.2. The molecule has 2 aliphatic carbocycles. The number of aromatic amines is 1. The van der Waals surface area contributed by atoms with E-state index in [2.05, 4.69) is 38.7 Å². The number of halogens is 4. The SMILES string of the molecule is CC(C)N(C[C@@H]1C[C@@H](O)[C@H](n2ccc3c(N)ncnc32)C1)[C@H]1C[C@@H](CCc2nc3cc(Cl)c(C(F)(F)F)cc3[nH]2)C1. The maximum atomic E-state index is 13.2. The predicted octanol–water partition coefficient (Wildman–Crippen LogP) is 6.00. The van der Waals surface area contributed by atoms with E-state index < -0.39 is 17.8 Å². The number of hydrogen-bond donors (Lipinski definition) is 3. The molecule has 0 aliphatic heterocycles. The van der Waals surface area contributed by atoms with Crippen LogP contribution in [0.4, 0.5) is 19.0 Å². The van der Waals surface area contributed by atoms with Gasteiger partial charge in [0, 0.05) is 31.2 Å². The number of H-pyrrole nitrogens is 1. The first-order valence-corrected chi connectivity index (χ1v) is 14.6. The summed E-state index contributed by atoms with van der Waals surface area (Å²) in [5.74, 6) is 2.05. The second-order valence-corrected chi connectivity index (χ2v) is 12.4. The molecule has 0 unspecified atom stereocenters. The van der Waals surface area contributed by atoms with Crippen molar-refractivity contribution < 1.29 is 18.3 Å². The molecule has 2 fully saturated rings. The van der Waals surface area contributed by atoms with Crippen LogP contribution >= 0.6 is 11.6 Å². The highest BCUT2D eigenvalue weighted by atomic mass is 35.5. The highest BCUT2D eigenvalue weighted by Crippen LogP contribution is 2.41. The number of imidazole rings is 1. The Kier molecular flexibility index (Phi) is 7.40. The molecule has 6 rings (SSSR count). The third-order valence-electron chi connectivity index (χ3n) is 9.02. The Balaban J connectivity index is 1.04. The fraction of sp³-hybridized carbons (Fsp3) is 0.552. The van der Waals surface area contributed by atoms with Crippen molar-refractivity contribution in [1.29, 1.82) is 0 Å². The summed E-state index contributed by atoms with van der Waals surface area (Å²) in [5, 5.41) is 11.5. The molecular weight excluding hydrogens is 555 g/mol. The zero-order valence-corrected chi connectivity index (χ0v) is 23.8. The molecule has 1 aromatic carbocycles. The second-order valence-electron chi connectivity index (χ2n) is 12.0. The number of fused-ring (bicyclic) bond motifs is 2. The van der Waals surface area contributed by atoms with Gasteiger partial charge in [-0.25, -0.2) is 15.0 Å². The molecule has 12 heteroatoms. The lowest BCUT2D eigenvalue weighted by Crippen LogP contribution is -2.49. The summed E-state index contributed by atoms with van der Waals surface area (Å²) in [4.78, 5) is 18.6. The van der Waals surface area contributed by atoms with Crippen molar-refractivity contribution in [3.8, 4) is 0 Å². The Bertz CT molecular complexity index is 1540. The molecule has 0 bridgehead atoms. The molecule has 0 amide bonds. The molecule has 220 valence electrons. The highest BCUT2D eigenvalue weighted by Gasteiger charge is 2.40. The van der Waals surface area contributed by atoms with Crippen LogP contribution in [0.15, 0.2) is 30.7 Å². The molecule has 0 saturated heterocycles. The van der Waals surface area contributed by atoms with E-state index >= 15 is 0 Å². The standard InChI is InChI=1S/C29H35ClF3N7O/c1-15(2)40(13-17-9-24(25(41)10-17)39-6-5-19-27(34)35-14-36-28(19)39)18-7-16(8-18)3-4-26-37-22-11-20(29(31,32)33)21(30)12-23(22)38-26/h5-6,11-12,14-18,24-25,41H,3-4,7-10,13H2,1-2H3,(H,37,38)(H2,34,35,36)/t16-,17-,18+,24+,25+/m0/s1. The lowest BCUT2D eigenvalue weighted by Gasteiger charge is -2.46. The molecule has 0 radical (unpaired) electrons. The van der Waals surface area contributed by atoms with Crippen molar-refractivity contribution in [2.24, 2.45) is 11.8 Å². The minimum Gasteiger partial charge on any atom is -0.391 e. The average molecular weight is 590 g/mol. The average Bonchev–Trinajstić information content (AvgIpc) is 3.57. The number of nitrogens with zero attached hydrogens (tertiary/aromatic N) is 5. The van der Waals surface area contributed by atoms with E-state index in [4.69, 9.17) is 17.3 Å². The number of aromatic nitrogens is 5. The number of aliphatic hydroxyl groups is 1. The summed E-state index contributed by atoms with van der Waals surface area (Å²) in [6.45, 7) is 5.39.